The molecule has 0 amide bonds. The molecule has 0 radical (unpaired) electrons. The number of aromatic nitrogens is 2. The molecule has 90 valence electrons. The van der Waals surface area contributed by atoms with Crippen LogP contribution < -0.4 is 5.56 Å². The largest absolute Gasteiger partial charge is 0.744 e. The smallest absolute Gasteiger partial charge is 0.271 e. The first-order valence-corrected chi connectivity index (χ1v) is 6.14. The molecule has 0 fully saturated rings. The minimum Gasteiger partial charge on any atom is -0.744 e. The molecule has 2 aromatic rings. The third-order valence-electron chi connectivity index (χ3n) is 2.21. The van der Waals surface area contributed by atoms with E-state index in [-0.39, 0.29) is 10.5 Å². The summed E-state index contributed by atoms with van der Waals surface area (Å²) in [4.78, 5) is 11.1. The standard InChI is InChI=1S/C10H10N2O4S/c1-7-5-10(13)12(11-7)8-3-2-4-9(6-8)17(14,15)16/h2-6,11H,1H3,(H,14,15,16)/p-1. The number of rotatable bonds is 2. The molecule has 1 aromatic carbocycles. The highest BCUT2D eigenvalue weighted by molar-refractivity contribution is 7.85. The first kappa shape index (κ1) is 11.6. The quantitative estimate of drug-likeness (QED) is 0.782. The number of hydrogen-bond acceptors (Lipinski definition) is 4. The van der Waals surface area contributed by atoms with Gasteiger partial charge in [0.05, 0.1) is 10.6 Å². The van der Waals surface area contributed by atoms with Crippen molar-refractivity contribution in [1.82, 2.24) is 9.78 Å². The van der Waals surface area contributed by atoms with E-state index in [4.69, 9.17) is 0 Å². The molecule has 0 aliphatic heterocycles. The van der Waals surface area contributed by atoms with Crippen molar-refractivity contribution in [2.24, 2.45) is 0 Å². The van der Waals surface area contributed by atoms with Crippen LogP contribution in [0.15, 0.2) is 40.0 Å². The maximum Gasteiger partial charge on any atom is 0.271 e. The Labute approximate surface area is 97.3 Å². The highest BCUT2D eigenvalue weighted by atomic mass is 32.2. The molecule has 7 heteroatoms. The van der Waals surface area contributed by atoms with Crippen LogP contribution in [-0.2, 0) is 10.1 Å². The van der Waals surface area contributed by atoms with Gasteiger partial charge in [-0.2, -0.15) is 0 Å². The summed E-state index contributed by atoms with van der Waals surface area (Å²) in [5.74, 6) is 0. The number of H-pyrrole nitrogens is 1. The van der Waals surface area contributed by atoms with Gasteiger partial charge in [-0.15, -0.1) is 0 Å². The molecule has 1 N–H and O–H groups in total. The Kier molecular flexibility index (Phi) is 2.64. The number of aromatic amines is 1. The van der Waals surface area contributed by atoms with Crippen molar-refractivity contribution < 1.29 is 13.0 Å². The van der Waals surface area contributed by atoms with Crippen LogP contribution in [0.5, 0.6) is 0 Å². The summed E-state index contributed by atoms with van der Waals surface area (Å²) < 4.78 is 33.7. The zero-order valence-electron chi connectivity index (χ0n) is 8.88. The van der Waals surface area contributed by atoms with E-state index in [2.05, 4.69) is 5.10 Å². The molecular weight excluding hydrogens is 244 g/mol. The van der Waals surface area contributed by atoms with Gasteiger partial charge in [-0.05, 0) is 25.1 Å². The number of aryl methyl sites for hydroxylation is 1. The second kappa shape index (κ2) is 3.86. The highest BCUT2D eigenvalue weighted by Crippen LogP contribution is 2.12. The Morgan fingerprint density at radius 1 is 1.29 bits per heavy atom. The van der Waals surface area contributed by atoms with Gasteiger partial charge in [0, 0.05) is 11.8 Å². The minimum absolute atomic E-state index is 0.306. The fraction of sp³-hybridized carbons (Fsp3) is 0.100. The van der Waals surface area contributed by atoms with Gasteiger partial charge in [0.2, 0.25) is 0 Å². The van der Waals surface area contributed by atoms with Gasteiger partial charge in [0.15, 0.2) is 0 Å². The van der Waals surface area contributed by atoms with Crippen LogP contribution in [0.25, 0.3) is 5.69 Å². The third kappa shape index (κ3) is 2.29. The molecule has 0 saturated heterocycles. The normalized spacial score (nSPS) is 11.6. The van der Waals surface area contributed by atoms with Crippen LogP contribution in [-0.4, -0.2) is 22.8 Å². The van der Waals surface area contributed by atoms with Crippen LogP contribution in [0.1, 0.15) is 5.69 Å². The van der Waals surface area contributed by atoms with Crippen molar-refractivity contribution in [1.29, 1.82) is 0 Å². The molecular formula is C10H9N2O4S-. The molecule has 2 rings (SSSR count). The van der Waals surface area contributed by atoms with Crippen molar-refractivity contribution in [3.05, 3.63) is 46.4 Å². The summed E-state index contributed by atoms with van der Waals surface area (Å²) in [6.45, 7) is 1.70. The van der Waals surface area contributed by atoms with E-state index in [9.17, 15) is 17.8 Å². The van der Waals surface area contributed by atoms with E-state index in [1.165, 1.54) is 28.9 Å². The summed E-state index contributed by atoms with van der Waals surface area (Å²) >= 11 is 0. The van der Waals surface area contributed by atoms with Gasteiger partial charge in [-0.1, -0.05) is 6.07 Å². The molecule has 17 heavy (non-hydrogen) atoms. The predicted octanol–water partition coefficient (Wildman–Crippen LogP) is 0.378. The van der Waals surface area contributed by atoms with Crippen molar-refractivity contribution >= 4 is 10.1 Å². The summed E-state index contributed by atoms with van der Waals surface area (Å²) in [6.07, 6.45) is 0. The Bertz CT molecular complexity index is 712. The molecule has 6 nitrogen and oxygen atoms in total. The Morgan fingerprint density at radius 3 is 2.53 bits per heavy atom. The van der Waals surface area contributed by atoms with Crippen molar-refractivity contribution in [3.63, 3.8) is 0 Å². The topological polar surface area (TPSA) is 95.0 Å². The van der Waals surface area contributed by atoms with Crippen molar-refractivity contribution in [3.8, 4) is 5.69 Å². The van der Waals surface area contributed by atoms with E-state index < -0.39 is 10.1 Å². The van der Waals surface area contributed by atoms with E-state index >= 15 is 0 Å². The third-order valence-corrected chi connectivity index (χ3v) is 3.04. The summed E-state index contributed by atoms with van der Waals surface area (Å²) in [6, 6.07) is 6.65. The molecule has 0 atom stereocenters. The average molecular weight is 253 g/mol. The minimum atomic E-state index is -4.52. The average Bonchev–Trinajstić information content (AvgIpc) is 2.57. The van der Waals surface area contributed by atoms with E-state index in [0.29, 0.717) is 11.4 Å². The first-order chi connectivity index (χ1) is 7.88. The lowest BCUT2D eigenvalue weighted by Crippen LogP contribution is -2.14. The number of hydrogen-bond donors (Lipinski definition) is 1. The highest BCUT2D eigenvalue weighted by Gasteiger charge is 2.06. The monoisotopic (exact) mass is 253 g/mol. The molecule has 0 saturated carbocycles. The van der Waals surface area contributed by atoms with Crippen LogP contribution in [0.4, 0.5) is 0 Å². The van der Waals surface area contributed by atoms with Crippen LogP contribution in [0.3, 0.4) is 0 Å². The van der Waals surface area contributed by atoms with Gasteiger partial charge >= 0.3 is 0 Å². The van der Waals surface area contributed by atoms with Crippen LogP contribution in [0, 0.1) is 6.92 Å². The van der Waals surface area contributed by atoms with Gasteiger partial charge in [-0.3, -0.25) is 9.89 Å². The Balaban J connectivity index is 2.62. The van der Waals surface area contributed by atoms with Crippen molar-refractivity contribution in [2.75, 3.05) is 0 Å². The number of nitrogens with zero attached hydrogens (tertiary/aromatic N) is 1. The summed E-state index contributed by atoms with van der Waals surface area (Å²) in [5, 5.41) is 2.75. The molecule has 0 unspecified atom stereocenters. The lowest BCUT2D eigenvalue weighted by molar-refractivity contribution is 0.463. The maximum absolute atomic E-state index is 11.5. The van der Waals surface area contributed by atoms with E-state index in [1.54, 1.807) is 6.92 Å². The molecule has 0 spiro atoms. The summed E-state index contributed by atoms with van der Waals surface area (Å²) in [7, 11) is -4.52. The Morgan fingerprint density at radius 2 is 2.00 bits per heavy atom. The zero-order chi connectivity index (χ0) is 12.6. The van der Waals surface area contributed by atoms with Crippen LogP contribution >= 0.6 is 0 Å². The zero-order valence-corrected chi connectivity index (χ0v) is 9.69. The lowest BCUT2D eigenvalue weighted by atomic mass is 10.3. The molecule has 0 bridgehead atoms. The van der Waals surface area contributed by atoms with Crippen molar-refractivity contribution in [2.45, 2.75) is 11.8 Å². The summed E-state index contributed by atoms with van der Waals surface area (Å²) in [5.41, 5.74) is 0.633. The fourth-order valence-corrected chi connectivity index (χ4v) is 1.99. The lowest BCUT2D eigenvalue weighted by Gasteiger charge is -2.08. The second-order valence-corrected chi connectivity index (χ2v) is 4.94. The molecule has 1 heterocycles. The van der Waals surface area contributed by atoms with Gasteiger partial charge in [0.1, 0.15) is 10.1 Å². The molecule has 0 aliphatic rings. The van der Waals surface area contributed by atoms with E-state index in [0.717, 1.165) is 6.07 Å². The molecule has 0 aliphatic carbocycles. The molecule has 1 aromatic heterocycles. The first-order valence-electron chi connectivity index (χ1n) is 4.73. The SMILES string of the molecule is Cc1cc(=O)n(-c2cccc(S(=O)(=O)[O-])c2)[nH]1. The van der Waals surface area contributed by atoms with Crippen LogP contribution in [0.2, 0.25) is 0 Å². The number of nitrogens with one attached hydrogen (secondary N) is 1. The predicted molar refractivity (Wildman–Crippen MR) is 59.1 cm³/mol. The maximum atomic E-state index is 11.5. The Hall–Kier alpha value is -1.86. The fourth-order valence-electron chi connectivity index (χ4n) is 1.48. The van der Waals surface area contributed by atoms with Gasteiger partial charge in [-0.25, -0.2) is 13.1 Å². The van der Waals surface area contributed by atoms with Gasteiger partial charge < -0.3 is 4.55 Å². The second-order valence-electron chi connectivity index (χ2n) is 3.56. The van der Waals surface area contributed by atoms with Gasteiger partial charge in [0.25, 0.3) is 5.56 Å². The van der Waals surface area contributed by atoms with E-state index in [1.807, 2.05) is 0 Å². The number of benzene rings is 1.